The predicted molar refractivity (Wildman–Crippen MR) is 49.4 cm³/mol. The summed E-state index contributed by atoms with van der Waals surface area (Å²) in [6.45, 7) is 4.89. The molecule has 2 rings (SSSR count). The smallest absolute Gasteiger partial charge is 0.0290 e. The molecule has 1 N–H and O–H groups in total. The van der Waals surface area contributed by atoms with Gasteiger partial charge in [0.1, 0.15) is 0 Å². The number of nitrogens with one attached hydrogen (secondary N) is 1. The van der Waals surface area contributed by atoms with Crippen molar-refractivity contribution in [3.05, 3.63) is 0 Å². The van der Waals surface area contributed by atoms with Gasteiger partial charge in [-0.2, -0.15) is 5.12 Å². The summed E-state index contributed by atoms with van der Waals surface area (Å²) in [6, 6.07) is 0. The third kappa shape index (κ3) is 1.97. The Hall–Kier alpha value is -0.120. The van der Waals surface area contributed by atoms with Crippen LogP contribution in [0.5, 0.6) is 0 Å². The number of hydrazine groups is 2. The molecular formula is C9H19N3. The zero-order chi connectivity index (χ0) is 8.23. The van der Waals surface area contributed by atoms with Gasteiger partial charge in [0.25, 0.3) is 0 Å². The second-order valence-corrected chi connectivity index (χ2v) is 3.75. The summed E-state index contributed by atoms with van der Waals surface area (Å²) in [6.07, 6.45) is 6.82. The summed E-state index contributed by atoms with van der Waals surface area (Å²) >= 11 is 0. The van der Waals surface area contributed by atoms with E-state index in [2.05, 4.69) is 15.6 Å². The minimum Gasteiger partial charge on any atom is -0.241 e. The maximum absolute atomic E-state index is 3.48. The highest BCUT2D eigenvalue weighted by Gasteiger charge is 2.19. The summed E-state index contributed by atoms with van der Waals surface area (Å²) in [5, 5.41) is 4.81. The van der Waals surface area contributed by atoms with Crippen LogP contribution in [0.3, 0.4) is 0 Å². The lowest BCUT2D eigenvalue weighted by molar-refractivity contribution is -0.0468. The molecule has 3 nitrogen and oxygen atoms in total. The number of rotatable bonds is 1. The Morgan fingerprint density at radius 2 is 1.50 bits per heavy atom. The third-order valence-corrected chi connectivity index (χ3v) is 2.76. The molecule has 3 heteroatoms. The maximum Gasteiger partial charge on any atom is 0.0290 e. The van der Waals surface area contributed by atoms with Crippen LogP contribution in [0.2, 0.25) is 0 Å². The highest BCUT2D eigenvalue weighted by molar-refractivity contribution is 4.65. The van der Waals surface area contributed by atoms with Crippen LogP contribution in [-0.2, 0) is 0 Å². The molecule has 0 atom stereocenters. The van der Waals surface area contributed by atoms with Gasteiger partial charge in [-0.05, 0) is 25.7 Å². The van der Waals surface area contributed by atoms with Crippen molar-refractivity contribution in [1.29, 1.82) is 0 Å². The molecule has 0 amide bonds. The number of hydrogen-bond donors (Lipinski definition) is 1. The van der Waals surface area contributed by atoms with Crippen LogP contribution < -0.4 is 5.43 Å². The lowest BCUT2D eigenvalue weighted by Crippen LogP contribution is -2.49. The standard InChI is InChI=1S/C9H19N3/c1-2-6-10-12(9-3-1)11-7-4-5-8-11/h10H,1-9H2. The first-order valence-corrected chi connectivity index (χ1v) is 5.23. The lowest BCUT2D eigenvalue weighted by atomic mass is 10.2. The van der Waals surface area contributed by atoms with Crippen LogP contribution in [0.4, 0.5) is 0 Å². The van der Waals surface area contributed by atoms with Gasteiger partial charge >= 0.3 is 0 Å². The fourth-order valence-corrected chi connectivity index (χ4v) is 2.03. The van der Waals surface area contributed by atoms with Crippen LogP contribution in [0.25, 0.3) is 0 Å². The van der Waals surface area contributed by atoms with Crippen molar-refractivity contribution < 1.29 is 0 Å². The summed E-state index contributed by atoms with van der Waals surface area (Å²) in [4.78, 5) is 0. The molecule has 0 unspecified atom stereocenters. The van der Waals surface area contributed by atoms with E-state index in [1.165, 1.54) is 51.7 Å². The quantitative estimate of drug-likeness (QED) is 0.631. The van der Waals surface area contributed by atoms with Crippen molar-refractivity contribution >= 4 is 0 Å². The van der Waals surface area contributed by atoms with Gasteiger partial charge in [0.05, 0.1) is 0 Å². The summed E-state index contributed by atoms with van der Waals surface area (Å²) < 4.78 is 0. The van der Waals surface area contributed by atoms with Crippen LogP contribution >= 0.6 is 0 Å². The molecule has 70 valence electrons. The second kappa shape index (κ2) is 4.21. The third-order valence-electron chi connectivity index (χ3n) is 2.76. The molecule has 2 heterocycles. The van der Waals surface area contributed by atoms with E-state index in [9.17, 15) is 0 Å². The van der Waals surface area contributed by atoms with Crippen molar-refractivity contribution in [2.75, 3.05) is 26.2 Å². The summed E-state index contributed by atoms with van der Waals surface area (Å²) in [7, 11) is 0. The molecule has 0 aliphatic carbocycles. The molecule has 0 radical (unpaired) electrons. The Labute approximate surface area is 74.7 Å². The van der Waals surface area contributed by atoms with E-state index < -0.39 is 0 Å². The highest BCUT2D eigenvalue weighted by atomic mass is 15.8. The van der Waals surface area contributed by atoms with Crippen LogP contribution in [0, 0.1) is 0 Å². The molecule has 2 saturated heterocycles. The first-order valence-electron chi connectivity index (χ1n) is 5.23. The number of hydrogen-bond acceptors (Lipinski definition) is 3. The molecule has 12 heavy (non-hydrogen) atoms. The molecule has 0 aromatic carbocycles. The van der Waals surface area contributed by atoms with Gasteiger partial charge in [-0.15, -0.1) is 0 Å². The van der Waals surface area contributed by atoms with Crippen LogP contribution in [0.1, 0.15) is 32.1 Å². The molecule has 0 spiro atoms. The number of nitrogens with zero attached hydrogens (tertiary/aromatic N) is 2. The highest BCUT2D eigenvalue weighted by Crippen LogP contribution is 2.12. The first kappa shape index (κ1) is 8.48. The molecule has 0 saturated carbocycles. The Morgan fingerprint density at radius 3 is 2.33 bits per heavy atom. The van der Waals surface area contributed by atoms with E-state index in [1.807, 2.05) is 0 Å². The van der Waals surface area contributed by atoms with E-state index in [1.54, 1.807) is 0 Å². The SMILES string of the molecule is C1CCNN(N2CCCC2)CC1. The molecule has 0 bridgehead atoms. The average molecular weight is 169 g/mol. The molecule has 2 fully saturated rings. The largest absolute Gasteiger partial charge is 0.241 e. The zero-order valence-corrected chi connectivity index (χ0v) is 7.76. The molecule has 2 aliphatic heterocycles. The van der Waals surface area contributed by atoms with E-state index in [0.717, 1.165) is 6.54 Å². The first-order chi connectivity index (χ1) is 5.97. The lowest BCUT2D eigenvalue weighted by Gasteiger charge is -2.30. The molecular weight excluding hydrogens is 150 g/mol. The van der Waals surface area contributed by atoms with Gasteiger partial charge < -0.3 is 0 Å². The topological polar surface area (TPSA) is 18.5 Å². The predicted octanol–water partition coefficient (Wildman–Crippen LogP) is 0.988. The molecule has 0 aromatic heterocycles. The summed E-state index contributed by atoms with van der Waals surface area (Å²) in [5.74, 6) is 0. The maximum atomic E-state index is 3.48. The monoisotopic (exact) mass is 169 g/mol. The van der Waals surface area contributed by atoms with Crippen molar-refractivity contribution in [3.8, 4) is 0 Å². The van der Waals surface area contributed by atoms with Gasteiger partial charge in [-0.1, -0.05) is 6.42 Å². The minimum absolute atomic E-state index is 1.16. The van der Waals surface area contributed by atoms with Crippen molar-refractivity contribution in [2.45, 2.75) is 32.1 Å². The Morgan fingerprint density at radius 1 is 0.750 bits per heavy atom. The molecule has 0 aromatic rings. The van der Waals surface area contributed by atoms with E-state index in [-0.39, 0.29) is 0 Å². The van der Waals surface area contributed by atoms with Gasteiger partial charge in [0.2, 0.25) is 0 Å². The minimum atomic E-state index is 1.16. The van der Waals surface area contributed by atoms with Crippen LogP contribution in [-0.4, -0.2) is 36.3 Å². The fourth-order valence-electron chi connectivity index (χ4n) is 2.03. The van der Waals surface area contributed by atoms with E-state index in [0.29, 0.717) is 0 Å². The van der Waals surface area contributed by atoms with E-state index in [4.69, 9.17) is 0 Å². The Kier molecular flexibility index (Phi) is 2.98. The Balaban J connectivity index is 1.83. The van der Waals surface area contributed by atoms with Gasteiger partial charge in [-0.25, -0.2) is 10.4 Å². The van der Waals surface area contributed by atoms with Gasteiger partial charge in [0.15, 0.2) is 0 Å². The van der Waals surface area contributed by atoms with Gasteiger partial charge in [0, 0.05) is 26.2 Å². The van der Waals surface area contributed by atoms with Crippen molar-refractivity contribution in [2.24, 2.45) is 0 Å². The Bertz CT molecular complexity index is 124. The normalized spacial score (nSPS) is 29.0. The van der Waals surface area contributed by atoms with Crippen molar-refractivity contribution in [1.82, 2.24) is 15.6 Å². The van der Waals surface area contributed by atoms with Crippen LogP contribution in [0.15, 0.2) is 0 Å². The average Bonchev–Trinajstić information content (AvgIpc) is 2.48. The van der Waals surface area contributed by atoms with E-state index >= 15 is 0 Å². The molecule has 2 aliphatic rings. The van der Waals surface area contributed by atoms with Crippen molar-refractivity contribution in [3.63, 3.8) is 0 Å². The zero-order valence-electron chi connectivity index (χ0n) is 7.76. The fraction of sp³-hybridized carbons (Fsp3) is 1.00. The summed E-state index contributed by atoms with van der Waals surface area (Å²) in [5.41, 5.74) is 3.48. The van der Waals surface area contributed by atoms with Gasteiger partial charge in [-0.3, -0.25) is 0 Å². The second-order valence-electron chi connectivity index (χ2n) is 3.75.